The molecule has 0 N–H and O–H groups in total. The molecule has 1 aromatic carbocycles. The second-order valence-electron chi connectivity index (χ2n) is 2.57. The molecule has 0 amide bonds. The van der Waals surface area contributed by atoms with E-state index in [1.54, 1.807) is 6.07 Å². The van der Waals surface area contributed by atoms with Crippen LogP contribution in [0.3, 0.4) is 0 Å². The molecule has 1 rings (SSSR count). The Morgan fingerprint density at radius 3 is 2.64 bits per heavy atom. The number of nitrogens with zero attached hydrogens (tertiary/aromatic N) is 1. The van der Waals surface area contributed by atoms with Gasteiger partial charge in [0.1, 0.15) is 5.69 Å². The zero-order valence-corrected chi connectivity index (χ0v) is 6.79. The molecule has 0 radical (unpaired) electrons. The zero-order chi connectivity index (χ0) is 8.27. The quantitative estimate of drug-likeness (QED) is 0.594. The van der Waals surface area contributed by atoms with E-state index in [4.69, 9.17) is 0 Å². The molecule has 0 heterocycles. The van der Waals surface area contributed by atoms with Crippen molar-refractivity contribution in [2.24, 2.45) is 5.18 Å². The topological polar surface area (TPSA) is 29.4 Å². The molecule has 11 heavy (non-hydrogen) atoms. The molecule has 0 fully saturated rings. The minimum absolute atomic E-state index is 0.544. The van der Waals surface area contributed by atoms with Gasteiger partial charge in [0.05, 0.1) is 0 Å². The zero-order valence-electron chi connectivity index (χ0n) is 6.79. The van der Waals surface area contributed by atoms with E-state index in [0.29, 0.717) is 5.69 Å². The van der Waals surface area contributed by atoms with Gasteiger partial charge in [-0.15, -0.1) is 4.91 Å². The average Bonchev–Trinajstić information content (AvgIpc) is 2.04. The Labute approximate surface area is 66.2 Å². The summed E-state index contributed by atoms with van der Waals surface area (Å²) in [6.45, 7) is 3.98. The molecule has 0 spiro atoms. The van der Waals surface area contributed by atoms with E-state index in [2.05, 4.69) is 12.1 Å². The van der Waals surface area contributed by atoms with Crippen LogP contribution in [0.15, 0.2) is 23.4 Å². The molecule has 0 atom stereocenters. The summed E-state index contributed by atoms with van der Waals surface area (Å²) in [7, 11) is 0. The Kier molecular flexibility index (Phi) is 2.36. The lowest BCUT2D eigenvalue weighted by Crippen LogP contribution is -1.81. The third-order valence-corrected chi connectivity index (χ3v) is 1.77. The van der Waals surface area contributed by atoms with Gasteiger partial charge in [-0.25, -0.2) is 0 Å². The van der Waals surface area contributed by atoms with E-state index in [-0.39, 0.29) is 0 Å². The highest BCUT2D eigenvalue weighted by Crippen LogP contribution is 2.19. The summed E-state index contributed by atoms with van der Waals surface area (Å²) in [6, 6.07) is 5.70. The maximum absolute atomic E-state index is 10.2. The maximum atomic E-state index is 10.2. The SMILES string of the molecule is CCc1ccc(N=O)c(C)c1. The van der Waals surface area contributed by atoms with Gasteiger partial charge in [-0.3, -0.25) is 0 Å². The molecule has 0 aliphatic carbocycles. The summed E-state index contributed by atoms with van der Waals surface area (Å²) in [5.74, 6) is 0. The van der Waals surface area contributed by atoms with Gasteiger partial charge in [-0.2, -0.15) is 0 Å². The fraction of sp³-hybridized carbons (Fsp3) is 0.333. The average molecular weight is 149 g/mol. The lowest BCUT2D eigenvalue weighted by Gasteiger charge is -1.99. The van der Waals surface area contributed by atoms with Gasteiger partial charge >= 0.3 is 0 Å². The standard InChI is InChI=1S/C9H11NO/c1-3-8-4-5-9(10-11)7(2)6-8/h4-6H,3H2,1-2H3. The smallest absolute Gasteiger partial charge is 0.110 e. The molecular formula is C9H11NO. The molecule has 58 valence electrons. The van der Waals surface area contributed by atoms with E-state index in [9.17, 15) is 4.91 Å². The first-order valence-electron chi connectivity index (χ1n) is 3.70. The van der Waals surface area contributed by atoms with E-state index in [1.165, 1.54) is 5.56 Å². The lowest BCUT2D eigenvalue weighted by atomic mass is 10.1. The van der Waals surface area contributed by atoms with Crippen LogP contribution in [0, 0.1) is 11.8 Å². The third kappa shape index (κ3) is 1.64. The number of rotatable bonds is 2. The summed E-state index contributed by atoms with van der Waals surface area (Å²) < 4.78 is 0. The minimum Gasteiger partial charge on any atom is -0.145 e. The van der Waals surface area contributed by atoms with Gasteiger partial charge in [-0.1, -0.05) is 19.1 Å². The van der Waals surface area contributed by atoms with Gasteiger partial charge in [0.25, 0.3) is 0 Å². The van der Waals surface area contributed by atoms with Gasteiger partial charge in [0, 0.05) is 0 Å². The summed E-state index contributed by atoms with van der Waals surface area (Å²) in [5, 5.41) is 2.90. The summed E-state index contributed by atoms with van der Waals surface area (Å²) in [6.07, 6.45) is 1.000. The molecule has 0 aliphatic rings. The highest BCUT2D eigenvalue weighted by Gasteiger charge is 1.97. The van der Waals surface area contributed by atoms with E-state index in [0.717, 1.165) is 12.0 Å². The first-order chi connectivity index (χ1) is 5.27. The minimum atomic E-state index is 0.544. The predicted octanol–water partition coefficient (Wildman–Crippen LogP) is 2.96. The lowest BCUT2D eigenvalue weighted by molar-refractivity contribution is 1.13. The van der Waals surface area contributed by atoms with E-state index >= 15 is 0 Å². The molecule has 2 heteroatoms. The molecule has 0 saturated heterocycles. The maximum Gasteiger partial charge on any atom is 0.110 e. The number of benzene rings is 1. The number of hydrogen-bond donors (Lipinski definition) is 0. The van der Waals surface area contributed by atoms with Crippen molar-refractivity contribution in [1.82, 2.24) is 0 Å². The van der Waals surface area contributed by atoms with Crippen LogP contribution in [0.4, 0.5) is 5.69 Å². The van der Waals surface area contributed by atoms with Gasteiger partial charge < -0.3 is 0 Å². The Bertz CT molecular complexity index is 268. The highest BCUT2D eigenvalue weighted by molar-refractivity contribution is 5.46. The van der Waals surface area contributed by atoms with Crippen LogP contribution >= 0.6 is 0 Å². The van der Waals surface area contributed by atoms with Crippen molar-refractivity contribution in [2.75, 3.05) is 0 Å². The number of hydrogen-bond acceptors (Lipinski definition) is 2. The highest BCUT2D eigenvalue weighted by atomic mass is 16.3. The Morgan fingerprint density at radius 2 is 2.18 bits per heavy atom. The molecule has 0 bridgehead atoms. The summed E-state index contributed by atoms with van der Waals surface area (Å²) >= 11 is 0. The molecule has 0 unspecified atom stereocenters. The van der Waals surface area contributed by atoms with Crippen LogP contribution in [0.1, 0.15) is 18.1 Å². The van der Waals surface area contributed by atoms with Crippen LogP contribution < -0.4 is 0 Å². The van der Waals surface area contributed by atoms with Crippen LogP contribution in [-0.4, -0.2) is 0 Å². The van der Waals surface area contributed by atoms with Crippen molar-refractivity contribution < 1.29 is 0 Å². The van der Waals surface area contributed by atoms with Crippen molar-refractivity contribution in [1.29, 1.82) is 0 Å². The van der Waals surface area contributed by atoms with E-state index in [1.807, 2.05) is 19.1 Å². The fourth-order valence-corrected chi connectivity index (χ4v) is 1.04. The molecule has 0 aliphatic heterocycles. The fourth-order valence-electron chi connectivity index (χ4n) is 1.04. The summed E-state index contributed by atoms with van der Waals surface area (Å²) in [4.78, 5) is 10.2. The summed E-state index contributed by atoms with van der Waals surface area (Å²) in [5.41, 5.74) is 2.75. The van der Waals surface area contributed by atoms with Crippen LogP contribution in [-0.2, 0) is 6.42 Å². The second kappa shape index (κ2) is 3.28. The third-order valence-electron chi connectivity index (χ3n) is 1.77. The van der Waals surface area contributed by atoms with Gasteiger partial charge in [0.2, 0.25) is 0 Å². The van der Waals surface area contributed by atoms with Gasteiger partial charge in [0.15, 0.2) is 0 Å². The second-order valence-corrected chi connectivity index (χ2v) is 2.57. The van der Waals surface area contributed by atoms with Crippen molar-refractivity contribution >= 4 is 5.69 Å². The van der Waals surface area contributed by atoms with Crippen molar-refractivity contribution in [3.05, 3.63) is 34.2 Å². The first kappa shape index (κ1) is 7.92. The van der Waals surface area contributed by atoms with Crippen LogP contribution in [0.5, 0.6) is 0 Å². The van der Waals surface area contributed by atoms with Crippen LogP contribution in [0.2, 0.25) is 0 Å². The Morgan fingerprint density at radius 1 is 1.45 bits per heavy atom. The largest absolute Gasteiger partial charge is 0.145 e. The molecule has 1 aromatic rings. The number of aryl methyl sites for hydroxylation is 2. The number of nitroso groups, excluding NO2 is 1. The molecule has 2 nitrogen and oxygen atoms in total. The molecule has 0 aromatic heterocycles. The van der Waals surface area contributed by atoms with Crippen molar-refractivity contribution in [3.63, 3.8) is 0 Å². The van der Waals surface area contributed by atoms with Gasteiger partial charge in [-0.05, 0) is 35.7 Å². The Balaban J connectivity index is 3.09. The van der Waals surface area contributed by atoms with Crippen molar-refractivity contribution in [3.8, 4) is 0 Å². The van der Waals surface area contributed by atoms with Crippen LogP contribution in [0.25, 0.3) is 0 Å². The first-order valence-corrected chi connectivity index (χ1v) is 3.70. The van der Waals surface area contributed by atoms with E-state index < -0.39 is 0 Å². The Hall–Kier alpha value is -1.18. The van der Waals surface area contributed by atoms with Crippen molar-refractivity contribution in [2.45, 2.75) is 20.3 Å². The normalized spacial score (nSPS) is 9.64. The molecule has 0 saturated carbocycles. The molecular weight excluding hydrogens is 138 g/mol. The monoisotopic (exact) mass is 149 g/mol. The predicted molar refractivity (Wildman–Crippen MR) is 46.0 cm³/mol.